The highest BCUT2D eigenvalue weighted by atomic mass is 15.2. The molecule has 2 heteroatoms. The summed E-state index contributed by atoms with van der Waals surface area (Å²) in [7, 11) is 4.38. The maximum absolute atomic E-state index is 3.52. The largest absolute Gasteiger partial charge is 0.312 e. The molecule has 1 aliphatic carbocycles. The van der Waals surface area contributed by atoms with Gasteiger partial charge in [-0.05, 0) is 51.8 Å². The zero-order valence-corrected chi connectivity index (χ0v) is 12.8. The quantitative estimate of drug-likeness (QED) is 0.807. The molecule has 2 rings (SSSR count). The summed E-state index contributed by atoms with van der Waals surface area (Å²) in [5, 5.41) is 3.52. The Labute approximate surface area is 118 Å². The zero-order valence-electron chi connectivity index (χ0n) is 12.8. The Morgan fingerprint density at radius 3 is 2.37 bits per heavy atom. The van der Waals surface area contributed by atoms with Gasteiger partial charge in [-0.1, -0.05) is 37.3 Å². The van der Waals surface area contributed by atoms with Gasteiger partial charge in [0.2, 0.25) is 0 Å². The molecular weight excluding hydrogens is 232 g/mol. The fourth-order valence-electron chi connectivity index (χ4n) is 3.21. The normalized spacial score (nSPS) is 20.3. The predicted octanol–water partition coefficient (Wildman–Crippen LogP) is 3.46. The van der Waals surface area contributed by atoms with Crippen molar-refractivity contribution in [1.29, 1.82) is 0 Å². The second-order valence-electron chi connectivity index (χ2n) is 5.90. The Morgan fingerprint density at radius 2 is 1.89 bits per heavy atom. The minimum atomic E-state index is 0.414. The van der Waals surface area contributed by atoms with Crippen LogP contribution in [0, 0.1) is 5.92 Å². The van der Waals surface area contributed by atoms with Gasteiger partial charge >= 0.3 is 0 Å². The van der Waals surface area contributed by atoms with Crippen LogP contribution in [0.25, 0.3) is 0 Å². The van der Waals surface area contributed by atoms with E-state index >= 15 is 0 Å². The van der Waals surface area contributed by atoms with Gasteiger partial charge in [0.15, 0.2) is 0 Å². The Morgan fingerprint density at radius 1 is 1.26 bits per heavy atom. The van der Waals surface area contributed by atoms with Gasteiger partial charge in [-0.15, -0.1) is 0 Å². The lowest BCUT2D eigenvalue weighted by atomic mass is 9.95. The SMILES string of the molecule is CCC(C(NC)c1ccccc1)N(C)C(C)C1CC1. The van der Waals surface area contributed by atoms with Crippen LogP contribution >= 0.6 is 0 Å². The first-order valence-corrected chi connectivity index (χ1v) is 7.63. The van der Waals surface area contributed by atoms with Gasteiger partial charge in [-0.2, -0.15) is 0 Å². The standard InChI is InChI=1S/C17H28N2/c1-5-16(19(4)13(2)14-11-12-14)17(18-3)15-9-7-6-8-10-15/h6-10,13-14,16-18H,5,11-12H2,1-4H3. The van der Waals surface area contributed by atoms with Crippen molar-refractivity contribution in [2.24, 2.45) is 5.92 Å². The summed E-state index contributed by atoms with van der Waals surface area (Å²) in [4.78, 5) is 2.59. The molecule has 1 N–H and O–H groups in total. The first-order valence-electron chi connectivity index (χ1n) is 7.63. The number of nitrogens with one attached hydrogen (secondary N) is 1. The molecule has 0 aliphatic heterocycles. The van der Waals surface area contributed by atoms with Crippen LogP contribution in [0.15, 0.2) is 30.3 Å². The summed E-state index contributed by atoms with van der Waals surface area (Å²) in [5.74, 6) is 0.923. The van der Waals surface area contributed by atoms with Crippen LogP contribution in [0.4, 0.5) is 0 Å². The lowest BCUT2D eigenvalue weighted by Gasteiger charge is -2.38. The van der Waals surface area contributed by atoms with Crippen molar-refractivity contribution in [2.75, 3.05) is 14.1 Å². The Bertz CT molecular complexity index is 372. The van der Waals surface area contributed by atoms with Crippen LogP contribution in [-0.2, 0) is 0 Å². The molecule has 0 radical (unpaired) electrons. The van der Waals surface area contributed by atoms with E-state index in [-0.39, 0.29) is 0 Å². The van der Waals surface area contributed by atoms with Gasteiger partial charge in [-0.3, -0.25) is 4.90 Å². The van der Waals surface area contributed by atoms with Crippen LogP contribution in [0.1, 0.15) is 44.7 Å². The van der Waals surface area contributed by atoms with Crippen LogP contribution < -0.4 is 5.32 Å². The average molecular weight is 260 g/mol. The molecule has 1 fully saturated rings. The molecule has 3 unspecified atom stereocenters. The molecule has 1 saturated carbocycles. The zero-order chi connectivity index (χ0) is 13.8. The van der Waals surface area contributed by atoms with Crippen molar-refractivity contribution in [3.63, 3.8) is 0 Å². The van der Waals surface area contributed by atoms with E-state index in [1.54, 1.807) is 0 Å². The van der Waals surface area contributed by atoms with Gasteiger partial charge in [-0.25, -0.2) is 0 Å². The third-order valence-electron chi connectivity index (χ3n) is 4.74. The van der Waals surface area contributed by atoms with Gasteiger partial charge in [0.1, 0.15) is 0 Å². The monoisotopic (exact) mass is 260 g/mol. The Kier molecular flexibility index (Phi) is 5.00. The van der Waals surface area contributed by atoms with Gasteiger partial charge < -0.3 is 5.32 Å². The molecule has 0 saturated heterocycles. The fourth-order valence-corrected chi connectivity index (χ4v) is 3.21. The lowest BCUT2D eigenvalue weighted by molar-refractivity contribution is 0.131. The Balaban J connectivity index is 2.13. The molecule has 2 nitrogen and oxygen atoms in total. The van der Waals surface area contributed by atoms with E-state index in [9.17, 15) is 0 Å². The van der Waals surface area contributed by atoms with E-state index < -0.39 is 0 Å². The maximum atomic E-state index is 3.52. The molecule has 1 aromatic rings. The smallest absolute Gasteiger partial charge is 0.0475 e. The van der Waals surface area contributed by atoms with Gasteiger partial charge in [0.05, 0.1) is 0 Å². The average Bonchev–Trinajstić information content (AvgIpc) is 3.28. The molecule has 1 aliphatic rings. The molecule has 0 bridgehead atoms. The number of likely N-dealkylation sites (N-methyl/N-ethyl adjacent to an activating group) is 2. The molecule has 0 heterocycles. The summed E-state index contributed by atoms with van der Waals surface area (Å²) in [6.07, 6.45) is 4.00. The summed E-state index contributed by atoms with van der Waals surface area (Å²) in [6.45, 7) is 4.69. The van der Waals surface area contributed by atoms with E-state index in [4.69, 9.17) is 0 Å². The van der Waals surface area contributed by atoms with Crippen LogP contribution in [-0.4, -0.2) is 31.1 Å². The number of benzene rings is 1. The summed E-state index contributed by atoms with van der Waals surface area (Å²) in [6, 6.07) is 12.5. The highest BCUT2D eigenvalue weighted by Crippen LogP contribution is 2.37. The minimum Gasteiger partial charge on any atom is -0.312 e. The van der Waals surface area contributed by atoms with E-state index in [2.05, 4.69) is 68.5 Å². The molecule has 1 aromatic carbocycles. The summed E-state index contributed by atoms with van der Waals surface area (Å²) in [5.41, 5.74) is 1.40. The van der Waals surface area contributed by atoms with E-state index in [0.29, 0.717) is 18.1 Å². The number of hydrogen-bond donors (Lipinski definition) is 1. The molecule has 0 aromatic heterocycles. The third-order valence-corrected chi connectivity index (χ3v) is 4.74. The van der Waals surface area contributed by atoms with E-state index in [0.717, 1.165) is 5.92 Å². The summed E-state index contributed by atoms with van der Waals surface area (Å²) < 4.78 is 0. The minimum absolute atomic E-state index is 0.414. The number of rotatable bonds is 7. The molecule has 19 heavy (non-hydrogen) atoms. The highest BCUT2D eigenvalue weighted by Gasteiger charge is 2.35. The first-order chi connectivity index (χ1) is 9.19. The second kappa shape index (κ2) is 6.53. The molecule has 3 atom stereocenters. The fraction of sp³-hybridized carbons (Fsp3) is 0.647. The van der Waals surface area contributed by atoms with Crippen molar-refractivity contribution >= 4 is 0 Å². The van der Waals surface area contributed by atoms with Gasteiger partial charge in [0.25, 0.3) is 0 Å². The molecule has 0 amide bonds. The van der Waals surface area contributed by atoms with Gasteiger partial charge in [0, 0.05) is 18.1 Å². The molecule has 106 valence electrons. The summed E-state index contributed by atoms with van der Waals surface area (Å²) >= 11 is 0. The van der Waals surface area contributed by atoms with Crippen LogP contribution in [0.5, 0.6) is 0 Å². The lowest BCUT2D eigenvalue weighted by Crippen LogP contribution is -2.46. The van der Waals surface area contributed by atoms with Crippen molar-refractivity contribution in [2.45, 2.75) is 51.2 Å². The Hall–Kier alpha value is -0.860. The maximum Gasteiger partial charge on any atom is 0.0475 e. The second-order valence-corrected chi connectivity index (χ2v) is 5.90. The van der Waals surface area contributed by atoms with Crippen molar-refractivity contribution in [1.82, 2.24) is 10.2 Å². The molecule has 0 spiro atoms. The number of hydrogen-bond acceptors (Lipinski definition) is 2. The topological polar surface area (TPSA) is 15.3 Å². The first kappa shape index (κ1) is 14.5. The molecular formula is C17H28N2. The van der Waals surface area contributed by atoms with Crippen LogP contribution in [0.3, 0.4) is 0 Å². The van der Waals surface area contributed by atoms with Crippen molar-refractivity contribution in [3.05, 3.63) is 35.9 Å². The third kappa shape index (κ3) is 3.37. The number of nitrogens with zero attached hydrogens (tertiary/aromatic N) is 1. The van der Waals surface area contributed by atoms with Crippen molar-refractivity contribution < 1.29 is 0 Å². The van der Waals surface area contributed by atoms with Crippen molar-refractivity contribution in [3.8, 4) is 0 Å². The highest BCUT2D eigenvalue weighted by molar-refractivity contribution is 5.20. The van der Waals surface area contributed by atoms with E-state index in [1.807, 2.05) is 0 Å². The predicted molar refractivity (Wildman–Crippen MR) is 82.3 cm³/mol. The van der Waals surface area contributed by atoms with Crippen LogP contribution in [0.2, 0.25) is 0 Å². The van der Waals surface area contributed by atoms with E-state index in [1.165, 1.54) is 24.8 Å².